The van der Waals surface area contributed by atoms with Crippen LogP contribution in [-0.2, 0) is 6.42 Å². The van der Waals surface area contributed by atoms with E-state index in [0.29, 0.717) is 24.3 Å². The van der Waals surface area contributed by atoms with Gasteiger partial charge in [0, 0.05) is 12.5 Å². The van der Waals surface area contributed by atoms with Crippen LogP contribution in [0.4, 0.5) is 10.4 Å². The van der Waals surface area contributed by atoms with Crippen molar-refractivity contribution in [3.63, 3.8) is 0 Å². The summed E-state index contributed by atoms with van der Waals surface area (Å²) in [6, 6.07) is 7.35. The lowest BCUT2D eigenvalue weighted by atomic mass is 10.1. The fourth-order valence-electron chi connectivity index (χ4n) is 1.62. The Morgan fingerprint density at radius 2 is 2.29 bits per heavy atom. The summed E-state index contributed by atoms with van der Waals surface area (Å²) in [5.41, 5.74) is 0.837. The lowest BCUT2D eigenvalue weighted by molar-refractivity contribution is 0.423. The number of anilines is 1. The Kier molecular flexibility index (Phi) is 2.51. The number of benzene rings is 1. The van der Waals surface area contributed by atoms with Gasteiger partial charge in [-0.15, -0.1) is 0 Å². The van der Waals surface area contributed by atoms with Crippen LogP contribution >= 0.6 is 0 Å². The molecule has 1 saturated carbocycles. The van der Waals surface area contributed by atoms with Gasteiger partial charge >= 0.3 is 6.01 Å². The molecule has 1 aromatic carbocycles. The van der Waals surface area contributed by atoms with E-state index < -0.39 is 0 Å². The normalized spacial score (nSPS) is 14.9. The van der Waals surface area contributed by atoms with E-state index in [1.165, 1.54) is 12.1 Å². The minimum absolute atomic E-state index is 0.248. The molecule has 17 heavy (non-hydrogen) atoms. The quantitative estimate of drug-likeness (QED) is 0.880. The monoisotopic (exact) mass is 233 g/mol. The molecule has 0 saturated heterocycles. The first kappa shape index (κ1) is 10.3. The van der Waals surface area contributed by atoms with E-state index in [2.05, 4.69) is 15.5 Å². The van der Waals surface area contributed by atoms with Gasteiger partial charge in [0.25, 0.3) is 0 Å². The first-order valence-corrected chi connectivity index (χ1v) is 5.63. The Morgan fingerprint density at radius 1 is 1.41 bits per heavy atom. The Hall–Kier alpha value is -1.91. The standard InChI is InChI=1S/C12H12FN3O/c13-9-3-1-2-8(6-9)7-11-15-12(17-16-11)14-10-4-5-10/h1-3,6,10H,4-5,7H2,(H,14,15,16). The Bertz CT molecular complexity index is 522. The third-order valence-corrected chi connectivity index (χ3v) is 2.62. The minimum atomic E-state index is -0.248. The predicted molar refractivity (Wildman–Crippen MR) is 60.1 cm³/mol. The number of nitrogens with zero attached hydrogens (tertiary/aromatic N) is 2. The van der Waals surface area contributed by atoms with Crippen LogP contribution in [0.3, 0.4) is 0 Å². The summed E-state index contributed by atoms with van der Waals surface area (Å²) in [6.07, 6.45) is 2.79. The largest absolute Gasteiger partial charge is 0.335 e. The summed E-state index contributed by atoms with van der Waals surface area (Å²) in [5.74, 6) is 0.320. The molecule has 1 aromatic heterocycles. The fraction of sp³-hybridized carbons (Fsp3) is 0.333. The van der Waals surface area contributed by atoms with Crippen LogP contribution in [0.2, 0.25) is 0 Å². The highest BCUT2D eigenvalue weighted by Crippen LogP contribution is 2.23. The summed E-state index contributed by atoms with van der Waals surface area (Å²) in [6.45, 7) is 0. The molecule has 1 aliphatic carbocycles. The van der Waals surface area contributed by atoms with Crippen molar-refractivity contribution in [3.05, 3.63) is 41.5 Å². The Morgan fingerprint density at radius 3 is 3.06 bits per heavy atom. The second-order valence-electron chi connectivity index (χ2n) is 4.24. The number of hydrogen-bond acceptors (Lipinski definition) is 4. The minimum Gasteiger partial charge on any atom is -0.335 e. The van der Waals surface area contributed by atoms with E-state index in [-0.39, 0.29) is 5.82 Å². The first-order valence-electron chi connectivity index (χ1n) is 5.63. The van der Waals surface area contributed by atoms with Gasteiger partial charge in [-0.1, -0.05) is 17.3 Å². The zero-order valence-corrected chi connectivity index (χ0v) is 9.19. The topological polar surface area (TPSA) is 51.0 Å². The van der Waals surface area contributed by atoms with Gasteiger partial charge in [-0.05, 0) is 30.5 Å². The van der Waals surface area contributed by atoms with Crippen molar-refractivity contribution >= 4 is 6.01 Å². The number of halogens is 1. The van der Waals surface area contributed by atoms with Gasteiger partial charge in [-0.2, -0.15) is 4.98 Å². The molecule has 0 bridgehead atoms. The van der Waals surface area contributed by atoms with E-state index in [9.17, 15) is 4.39 Å². The van der Waals surface area contributed by atoms with Gasteiger partial charge in [-0.25, -0.2) is 4.39 Å². The van der Waals surface area contributed by atoms with Crippen LogP contribution in [0.5, 0.6) is 0 Å². The second-order valence-corrected chi connectivity index (χ2v) is 4.24. The van der Waals surface area contributed by atoms with Gasteiger partial charge in [0.05, 0.1) is 0 Å². The Balaban J connectivity index is 1.69. The zero-order chi connectivity index (χ0) is 11.7. The molecule has 2 aromatic rings. The summed E-state index contributed by atoms with van der Waals surface area (Å²) in [7, 11) is 0. The summed E-state index contributed by atoms with van der Waals surface area (Å²) >= 11 is 0. The zero-order valence-electron chi connectivity index (χ0n) is 9.19. The van der Waals surface area contributed by atoms with Gasteiger partial charge in [0.1, 0.15) is 5.82 Å². The molecular formula is C12H12FN3O. The lowest BCUT2D eigenvalue weighted by Crippen LogP contribution is -2.01. The number of hydrogen-bond donors (Lipinski definition) is 1. The summed E-state index contributed by atoms with van der Waals surface area (Å²) in [4.78, 5) is 4.20. The summed E-state index contributed by atoms with van der Waals surface area (Å²) < 4.78 is 18.0. The molecule has 1 aliphatic rings. The smallest absolute Gasteiger partial charge is 0.321 e. The molecule has 3 rings (SSSR count). The van der Waals surface area contributed by atoms with Gasteiger partial charge in [0.2, 0.25) is 0 Å². The van der Waals surface area contributed by atoms with Crippen molar-refractivity contribution in [3.8, 4) is 0 Å². The van der Waals surface area contributed by atoms with E-state index in [1.54, 1.807) is 6.07 Å². The SMILES string of the molecule is Fc1cccc(Cc2noc(NC3CC3)n2)c1. The predicted octanol–water partition coefficient (Wildman–Crippen LogP) is 2.37. The lowest BCUT2D eigenvalue weighted by Gasteiger charge is -1.96. The first-order chi connectivity index (χ1) is 8.29. The van der Waals surface area contributed by atoms with Crippen molar-refractivity contribution < 1.29 is 8.91 Å². The van der Waals surface area contributed by atoms with Crippen LogP contribution in [-0.4, -0.2) is 16.2 Å². The number of aromatic nitrogens is 2. The molecule has 0 aliphatic heterocycles. The molecule has 1 heterocycles. The highest BCUT2D eigenvalue weighted by molar-refractivity contribution is 5.25. The van der Waals surface area contributed by atoms with Crippen LogP contribution in [0.1, 0.15) is 24.2 Å². The van der Waals surface area contributed by atoms with Crippen LogP contribution in [0.25, 0.3) is 0 Å². The van der Waals surface area contributed by atoms with Crippen molar-refractivity contribution in [2.45, 2.75) is 25.3 Å². The molecule has 5 heteroatoms. The number of rotatable bonds is 4. The molecule has 0 radical (unpaired) electrons. The molecule has 0 unspecified atom stereocenters. The molecule has 0 atom stereocenters. The third-order valence-electron chi connectivity index (χ3n) is 2.62. The molecule has 0 amide bonds. The third kappa shape index (κ3) is 2.61. The van der Waals surface area contributed by atoms with E-state index in [1.807, 2.05) is 6.07 Å². The van der Waals surface area contributed by atoms with E-state index >= 15 is 0 Å². The highest BCUT2D eigenvalue weighted by Gasteiger charge is 2.23. The van der Waals surface area contributed by atoms with Crippen molar-refractivity contribution in [1.82, 2.24) is 10.1 Å². The maximum Gasteiger partial charge on any atom is 0.321 e. The van der Waals surface area contributed by atoms with Crippen molar-refractivity contribution in [2.24, 2.45) is 0 Å². The van der Waals surface area contributed by atoms with Crippen LogP contribution in [0.15, 0.2) is 28.8 Å². The fourth-order valence-corrected chi connectivity index (χ4v) is 1.62. The van der Waals surface area contributed by atoms with E-state index in [0.717, 1.165) is 18.4 Å². The molecular weight excluding hydrogens is 221 g/mol. The second kappa shape index (κ2) is 4.16. The molecule has 0 spiro atoms. The maximum absolute atomic E-state index is 13.0. The molecule has 88 valence electrons. The van der Waals surface area contributed by atoms with E-state index in [4.69, 9.17) is 4.52 Å². The average Bonchev–Trinajstić information content (AvgIpc) is 2.99. The number of nitrogens with one attached hydrogen (secondary N) is 1. The van der Waals surface area contributed by atoms with Gasteiger partial charge in [-0.3, -0.25) is 0 Å². The maximum atomic E-state index is 13.0. The molecule has 1 fully saturated rings. The highest BCUT2D eigenvalue weighted by atomic mass is 19.1. The van der Waals surface area contributed by atoms with Gasteiger partial charge < -0.3 is 9.84 Å². The molecule has 4 nitrogen and oxygen atoms in total. The van der Waals surface area contributed by atoms with Crippen molar-refractivity contribution in [1.29, 1.82) is 0 Å². The molecule has 1 N–H and O–H groups in total. The van der Waals surface area contributed by atoms with Crippen LogP contribution < -0.4 is 5.32 Å². The van der Waals surface area contributed by atoms with Crippen LogP contribution in [0, 0.1) is 5.82 Å². The summed E-state index contributed by atoms with van der Waals surface area (Å²) in [5, 5.41) is 6.97. The van der Waals surface area contributed by atoms with Crippen molar-refractivity contribution in [2.75, 3.05) is 5.32 Å². The van der Waals surface area contributed by atoms with Gasteiger partial charge in [0.15, 0.2) is 5.82 Å². The average molecular weight is 233 g/mol. The Labute approximate surface area is 97.8 Å².